The third-order valence-electron chi connectivity index (χ3n) is 3.10. The van der Waals surface area contributed by atoms with E-state index in [-0.39, 0.29) is 5.76 Å². The number of esters is 1. The van der Waals surface area contributed by atoms with Crippen LogP contribution in [0.4, 0.5) is 0 Å². The minimum absolute atomic E-state index is 0.173. The van der Waals surface area contributed by atoms with Crippen molar-refractivity contribution in [2.75, 3.05) is 14.2 Å². The van der Waals surface area contributed by atoms with Crippen LogP contribution in [0.2, 0.25) is 0 Å². The van der Waals surface area contributed by atoms with E-state index < -0.39 is 5.97 Å². The Morgan fingerprint density at radius 3 is 2.60 bits per heavy atom. The van der Waals surface area contributed by atoms with Crippen LogP contribution in [-0.2, 0) is 4.74 Å². The third-order valence-corrected chi connectivity index (χ3v) is 3.10. The average molecular weight is 271 g/mol. The van der Waals surface area contributed by atoms with E-state index in [4.69, 9.17) is 13.9 Å². The lowest BCUT2D eigenvalue weighted by Gasteiger charge is -2.03. The van der Waals surface area contributed by atoms with E-state index in [0.717, 1.165) is 5.39 Å². The second-order valence-electron chi connectivity index (χ2n) is 4.22. The molecule has 1 aromatic carbocycles. The molecule has 0 atom stereocenters. The quantitative estimate of drug-likeness (QED) is 0.687. The van der Waals surface area contributed by atoms with Gasteiger partial charge < -0.3 is 18.5 Å². The zero-order valence-electron chi connectivity index (χ0n) is 11.1. The van der Waals surface area contributed by atoms with Crippen LogP contribution < -0.4 is 4.74 Å². The van der Waals surface area contributed by atoms with E-state index >= 15 is 0 Å². The van der Waals surface area contributed by atoms with E-state index in [1.807, 2.05) is 35.2 Å². The van der Waals surface area contributed by atoms with Gasteiger partial charge in [0, 0.05) is 17.8 Å². The Hall–Kier alpha value is -2.69. The first kappa shape index (κ1) is 12.3. The lowest BCUT2D eigenvalue weighted by molar-refractivity contribution is 0.0567. The van der Waals surface area contributed by atoms with Crippen LogP contribution in [-0.4, -0.2) is 24.8 Å². The monoisotopic (exact) mass is 271 g/mol. The number of benzene rings is 1. The zero-order valence-corrected chi connectivity index (χ0v) is 11.1. The molecular weight excluding hydrogens is 258 g/mol. The smallest absolute Gasteiger partial charge is 0.376 e. The summed E-state index contributed by atoms with van der Waals surface area (Å²) in [6, 6.07) is 9.14. The molecule has 5 heteroatoms. The van der Waals surface area contributed by atoms with E-state index in [1.54, 1.807) is 19.2 Å². The number of carbonyl (C=O) groups excluding carboxylic acids is 1. The summed E-state index contributed by atoms with van der Waals surface area (Å²) in [5.41, 5.74) is 1.26. The van der Waals surface area contributed by atoms with Gasteiger partial charge in [0.05, 0.1) is 14.2 Å². The Morgan fingerprint density at radius 2 is 1.95 bits per heavy atom. The Balaban J connectivity index is 2.33. The molecule has 2 heterocycles. The summed E-state index contributed by atoms with van der Waals surface area (Å²) < 4.78 is 17.4. The van der Waals surface area contributed by atoms with Gasteiger partial charge in [-0.25, -0.2) is 4.79 Å². The highest BCUT2D eigenvalue weighted by Crippen LogP contribution is 2.32. The SMILES string of the molecule is COC(=O)c1oc2ccc(OC)cc2c1-n1cccc1. The van der Waals surface area contributed by atoms with Crippen molar-refractivity contribution in [3.8, 4) is 11.4 Å². The van der Waals surface area contributed by atoms with Crippen molar-refractivity contribution in [3.63, 3.8) is 0 Å². The molecule has 102 valence electrons. The summed E-state index contributed by atoms with van der Waals surface area (Å²) in [7, 11) is 2.92. The number of hydrogen-bond donors (Lipinski definition) is 0. The molecule has 0 spiro atoms. The number of fused-ring (bicyclic) bond motifs is 1. The summed E-state index contributed by atoms with van der Waals surface area (Å²) in [5, 5.41) is 0.793. The van der Waals surface area contributed by atoms with Gasteiger partial charge in [-0.3, -0.25) is 0 Å². The van der Waals surface area contributed by atoms with Gasteiger partial charge in [0.1, 0.15) is 17.0 Å². The van der Waals surface area contributed by atoms with Crippen molar-refractivity contribution < 1.29 is 18.7 Å². The second kappa shape index (κ2) is 4.77. The predicted octanol–water partition coefficient (Wildman–Crippen LogP) is 3.02. The maximum atomic E-state index is 11.9. The predicted molar refractivity (Wildman–Crippen MR) is 73.4 cm³/mol. The number of ether oxygens (including phenoxy) is 2. The zero-order chi connectivity index (χ0) is 14.1. The molecule has 0 amide bonds. The number of carbonyl (C=O) groups is 1. The minimum Gasteiger partial charge on any atom is -0.497 e. The standard InChI is InChI=1S/C15H13NO4/c1-18-10-5-6-12-11(9-10)13(16-7-3-4-8-16)14(20-12)15(17)19-2/h3-9H,1-2H3. The first-order valence-electron chi connectivity index (χ1n) is 6.07. The van der Waals surface area contributed by atoms with Crippen LogP contribution in [0.25, 0.3) is 16.7 Å². The molecule has 0 saturated heterocycles. The van der Waals surface area contributed by atoms with Gasteiger partial charge in [0.15, 0.2) is 0 Å². The average Bonchev–Trinajstić information content (AvgIpc) is 3.11. The van der Waals surface area contributed by atoms with Crippen LogP contribution in [0.1, 0.15) is 10.6 Å². The highest BCUT2D eigenvalue weighted by molar-refractivity contribution is 6.01. The highest BCUT2D eigenvalue weighted by atomic mass is 16.5. The van der Waals surface area contributed by atoms with Gasteiger partial charge in [-0.1, -0.05) is 0 Å². The van der Waals surface area contributed by atoms with Gasteiger partial charge in [-0.2, -0.15) is 0 Å². The molecule has 0 aliphatic rings. The largest absolute Gasteiger partial charge is 0.497 e. The van der Waals surface area contributed by atoms with Crippen molar-refractivity contribution in [3.05, 3.63) is 48.5 Å². The number of nitrogens with zero attached hydrogens (tertiary/aromatic N) is 1. The maximum Gasteiger partial charge on any atom is 0.376 e. The van der Waals surface area contributed by atoms with Crippen LogP contribution in [0.3, 0.4) is 0 Å². The normalized spacial score (nSPS) is 10.7. The molecule has 0 aliphatic carbocycles. The van der Waals surface area contributed by atoms with Crippen molar-refractivity contribution in [1.29, 1.82) is 0 Å². The molecule has 0 fully saturated rings. The topological polar surface area (TPSA) is 53.6 Å². The Labute approximate surface area is 115 Å². The molecule has 2 aromatic heterocycles. The van der Waals surface area contributed by atoms with Crippen LogP contribution in [0.5, 0.6) is 5.75 Å². The lowest BCUT2D eigenvalue weighted by Crippen LogP contribution is -2.04. The second-order valence-corrected chi connectivity index (χ2v) is 4.22. The summed E-state index contributed by atoms with van der Waals surface area (Å²) in [4.78, 5) is 11.9. The summed E-state index contributed by atoms with van der Waals surface area (Å²) in [6.45, 7) is 0. The third kappa shape index (κ3) is 1.84. The maximum absolute atomic E-state index is 11.9. The minimum atomic E-state index is -0.510. The van der Waals surface area contributed by atoms with Crippen molar-refractivity contribution in [1.82, 2.24) is 4.57 Å². The van der Waals surface area contributed by atoms with Crippen molar-refractivity contribution >= 4 is 16.9 Å². The number of hydrogen-bond acceptors (Lipinski definition) is 4. The first-order chi connectivity index (χ1) is 9.74. The first-order valence-corrected chi connectivity index (χ1v) is 6.07. The van der Waals surface area contributed by atoms with Gasteiger partial charge in [0.25, 0.3) is 0 Å². The molecule has 0 N–H and O–H groups in total. The molecule has 0 radical (unpaired) electrons. The Kier molecular flexibility index (Phi) is 2.95. The number of methoxy groups -OCH3 is 2. The van der Waals surface area contributed by atoms with Gasteiger partial charge in [-0.15, -0.1) is 0 Å². The van der Waals surface area contributed by atoms with Gasteiger partial charge >= 0.3 is 5.97 Å². The van der Waals surface area contributed by atoms with Gasteiger partial charge in [0.2, 0.25) is 5.76 Å². The van der Waals surface area contributed by atoms with Crippen molar-refractivity contribution in [2.45, 2.75) is 0 Å². The fraction of sp³-hybridized carbons (Fsp3) is 0.133. The van der Waals surface area contributed by atoms with Gasteiger partial charge in [-0.05, 0) is 30.3 Å². The van der Waals surface area contributed by atoms with Crippen molar-refractivity contribution in [2.24, 2.45) is 0 Å². The molecule has 0 unspecified atom stereocenters. The molecule has 20 heavy (non-hydrogen) atoms. The molecule has 3 aromatic rings. The van der Waals surface area contributed by atoms with Crippen LogP contribution in [0.15, 0.2) is 47.1 Å². The fourth-order valence-electron chi connectivity index (χ4n) is 2.16. The molecular formula is C15H13NO4. The van der Waals surface area contributed by atoms with E-state index in [2.05, 4.69) is 0 Å². The van der Waals surface area contributed by atoms with E-state index in [9.17, 15) is 4.79 Å². The van der Waals surface area contributed by atoms with E-state index in [1.165, 1.54) is 7.11 Å². The lowest BCUT2D eigenvalue weighted by atomic mass is 10.2. The molecule has 0 bridgehead atoms. The molecule has 0 aliphatic heterocycles. The Morgan fingerprint density at radius 1 is 1.20 bits per heavy atom. The summed E-state index contributed by atoms with van der Waals surface area (Å²) in [6.07, 6.45) is 3.69. The fourth-order valence-corrected chi connectivity index (χ4v) is 2.16. The van der Waals surface area contributed by atoms with Crippen LogP contribution >= 0.6 is 0 Å². The number of rotatable bonds is 3. The summed E-state index contributed by atoms with van der Waals surface area (Å²) in [5.74, 6) is 0.360. The van der Waals surface area contributed by atoms with Crippen LogP contribution in [0, 0.1) is 0 Å². The molecule has 3 rings (SSSR count). The Bertz CT molecular complexity index is 756. The number of aromatic nitrogens is 1. The van der Waals surface area contributed by atoms with E-state index in [0.29, 0.717) is 17.0 Å². The molecule has 0 saturated carbocycles. The highest BCUT2D eigenvalue weighted by Gasteiger charge is 2.22. The molecule has 5 nitrogen and oxygen atoms in total. The number of furan rings is 1. The summed E-state index contributed by atoms with van der Waals surface area (Å²) >= 11 is 0.